The number of para-hydroxylation sites is 1. The van der Waals surface area contributed by atoms with Gasteiger partial charge in [-0.05, 0) is 37.7 Å². The molecule has 0 aliphatic heterocycles. The van der Waals surface area contributed by atoms with Gasteiger partial charge < -0.3 is 15.4 Å². The van der Waals surface area contributed by atoms with Crippen molar-refractivity contribution in [2.24, 2.45) is 0 Å². The quantitative estimate of drug-likeness (QED) is 0.604. The number of halogens is 4. The van der Waals surface area contributed by atoms with Crippen LogP contribution in [0.25, 0.3) is 0 Å². The molecule has 0 spiro atoms. The maximum Gasteiger partial charge on any atom is 0.418 e. The molecule has 0 bridgehead atoms. The molecule has 2 N–H and O–H groups in total. The van der Waals surface area contributed by atoms with E-state index in [4.69, 9.17) is 28.6 Å². The smallest absolute Gasteiger partial charge is 0.382 e. The first-order chi connectivity index (χ1) is 9.86. The minimum atomic E-state index is -4.50. The van der Waals surface area contributed by atoms with Gasteiger partial charge >= 0.3 is 6.18 Å². The summed E-state index contributed by atoms with van der Waals surface area (Å²) in [6, 6.07) is 3.57. The third-order valence-corrected chi connectivity index (χ3v) is 3.07. The van der Waals surface area contributed by atoms with Crippen molar-refractivity contribution < 1.29 is 17.9 Å². The van der Waals surface area contributed by atoms with E-state index in [2.05, 4.69) is 10.6 Å². The van der Waals surface area contributed by atoms with Crippen molar-refractivity contribution in [2.75, 3.05) is 25.1 Å². The summed E-state index contributed by atoms with van der Waals surface area (Å²) in [4.78, 5) is 0. The van der Waals surface area contributed by atoms with Gasteiger partial charge in [-0.15, -0.1) is 0 Å². The van der Waals surface area contributed by atoms with Crippen LogP contribution < -0.4 is 10.6 Å². The van der Waals surface area contributed by atoms with Crippen LogP contribution in [0, 0.1) is 0 Å². The van der Waals surface area contributed by atoms with Gasteiger partial charge in [-0.3, -0.25) is 0 Å². The van der Waals surface area contributed by atoms with Crippen molar-refractivity contribution in [3.05, 3.63) is 28.8 Å². The maximum atomic E-state index is 12.9. The third-order valence-electron chi connectivity index (χ3n) is 2.51. The normalized spacial score (nSPS) is 11.3. The lowest BCUT2D eigenvalue weighted by atomic mass is 10.1. The van der Waals surface area contributed by atoms with Crippen molar-refractivity contribution >= 4 is 34.6 Å². The molecule has 0 atom stereocenters. The predicted octanol–water partition coefficient (Wildman–Crippen LogP) is 4.07. The van der Waals surface area contributed by atoms with Gasteiger partial charge in [0.05, 0.1) is 16.3 Å². The van der Waals surface area contributed by atoms with Crippen molar-refractivity contribution in [1.29, 1.82) is 0 Å². The van der Waals surface area contributed by atoms with Gasteiger partial charge in [0.2, 0.25) is 0 Å². The number of anilines is 1. The number of alkyl halides is 3. The molecule has 0 fully saturated rings. The summed E-state index contributed by atoms with van der Waals surface area (Å²) in [5, 5.41) is 5.36. The van der Waals surface area contributed by atoms with Crippen LogP contribution in [0.3, 0.4) is 0 Å². The molecule has 0 radical (unpaired) electrons. The Balaban J connectivity index is 2.64. The summed E-state index contributed by atoms with van der Waals surface area (Å²) in [5.41, 5.74) is -1.09. The Bertz CT molecular complexity index is 483. The highest BCUT2D eigenvalue weighted by Crippen LogP contribution is 2.38. The number of ether oxygens (including phenoxy) is 1. The molecule has 0 aromatic heterocycles. The second-order valence-corrected chi connectivity index (χ2v) is 4.91. The van der Waals surface area contributed by atoms with Crippen LogP contribution in [-0.2, 0) is 10.9 Å². The number of thiocarbonyl (C=S) groups is 1. The van der Waals surface area contributed by atoms with E-state index in [-0.39, 0.29) is 15.8 Å². The first-order valence-corrected chi connectivity index (χ1v) is 7.13. The Hall–Kier alpha value is -1.05. The Morgan fingerprint density at radius 2 is 2.10 bits per heavy atom. The molecule has 0 saturated heterocycles. The zero-order valence-corrected chi connectivity index (χ0v) is 13.0. The number of benzene rings is 1. The highest BCUT2D eigenvalue weighted by molar-refractivity contribution is 7.80. The summed E-state index contributed by atoms with van der Waals surface area (Å²) < 4.78 is 43.8. The van der Waals surface area contributed by atoms with E-state index < -0.39 is 11.7 Å². The van der Waals surface area contributed by atoms with E-state index in [0.29, 0.717) is 26.2 Å². The van der Waals surface area contributed by atoms with E-state index in [9.17, 15) is 13.2 Å². The lowest BCUT2D eigenvalue weighted by Gasteiger charge is -2.17. The Morgan fingerprint density at radius 3 is 2.71 bits per heavy atom. The van der Waals surface area contributed by atoms with Gasteiger partial charge in [0.25, 0.3) is 0 Å². The van der Waals surface area contributed by atoms with Gasteiger partial charge in [-0.25, -0.2) is 0 Å². The van der Waals surface area contributed by atoms with Crippen LogP contribution in [0.1, 0.15) is 18.9 Å². The van der Waals surface area contributed by atoms with Crippen LogP contribution in [0.2, 0.25) is 5.02 Å². The second-order valence-electron chi connectivity index (χ2n) is 4.09. The highest BCUT2D eigenvalue weighted by atomic mass is 35.5. The van der Waals surface area contributed by atoms with Crippen molar-refractivity contribution in [3.63, 3.8) is 0 Å². The van der Waals surface area contributed by atoms with Crippen molar-refractivity contribution in [2.45, 2.75) is 19.5 Å². The average Bonchev–Trinajstić information content (AvgIpc) is 2.39. The van der Waals surface area contributed by atoms with Crippen molar-refractivity contribution in [1.82, 2.24) is 5.32 Å². The Morgan fingerprint density at radius 1 is 1.38 bits per heavy atom. The van der Waals surface area contributed by atoms with Crippen LogP contribution in [0.5, 0.6) is 0 Å². The standard InChI is InChI=1S/C13H16ClF3N2OS/c1-2-20-8-4-7-18-12(21)19-11-9(13(15,16)17)5-3-6-10(11)14/h3,5-6H,2,4,7-8H2,1H3,(H2,18,19,21). The first-order valence-electron chi connectivity index (χ1n) is 6.34. The largest absolute Gasteiger partial charge is 0.418 e. The fourth-order valence-corrected chi connectivity index (χ4v) is 1.99. The number of nitrogens with one attached hydrogen (secondary N) is 2. The van der Waals surface area contributed by atoms with Crippen molar-refractivity contribution in [3.8, 4) is 0 Å². The lowest BCUT2D eigenvalue weighted by Crippen LogP contribution is -2.30. The monoisotopic (exact) mass is 340 g/mol. The zero-order valence-electron chi connectivity index (χ0n) is 11.4. The maximum absolute atomic E-state index is 12.9. The molecule has 0 aliphatic carbocycles. The molecule has 0 heterocycles. The Kier molecular flexibility index (Phi) is 7.21. The minimum Gasteiger partial charge on any atom is -0.382 e. The minimum absolute atomic E-state index is 0.0386. The summed E-state index contributed by atoms with van der Waals surface area (Å²) in [6.45, 7) is 3.57. The average molecular weight is 341 g/mol. The number of hydrogen-bond acceptors (Lipinski definition) is 2. The summed E-state index contributed by atoms with van der Waals surface area (Å²) in [6.07, 6.45) is -3.80. The van der Waals surface area contributed by atoms with Crippen LogP contribution >= 0.6 is 23.8 Å². The van der Waals surface area contributed by atoms with Gasteiger partial charge in [0, 0.05) is 19.8 Å². The van der Waals surface area contributed by atoms with E-state index in [0.717, 1.165) is 6.07 Å². The molecule has 118 valence electrons. The molecule has 0 aliphatic rings. The SMILES string of the molecule is CCOCCCNC(=S)Nc1c(Cl)cccc1C(F)(F)F. The van der Waals surface area contributed by atoms with Gasteiger partial charge in [-0.2, -0.15) is 13.2 Å². The molecule has 0 amide bonds. The molecule has 1 aromatic rings. The zero-order chi connectivity index (χ0) is 15.9. The molecular formula is C13H16ClF3N2OS. The van der Waals surface area contributed by atoms with E-state index in [1.54, 1.807) is 0 Å². The first kappa shape index (κ1) is 18.0. The van der Waals surface area contributed by atoms with Gasteiger partial charge in [0.15, 0.2) is 5.11 Å². The van der Waals surface area contributed by atoms with Gasteiger partial charge in [-0.1, -0.05) is 17.7 Å². The summed E-state index contributed by atoms with van der Waals surface area (Å²) in [5.74, 6) is 0. The molecule has 21 heavy (non-hydrogen) atoms. The number of hydrogen-bond donors (Lipinski definition) is 2. The summed E-state index contributed by atoms with van der Waals surface area (Å²) in [7, 11) is 0. The van der Waals surface area contributed by atoms with E-state index >= 15 is 0 Å². The predicted molar refractivity (Wildman–Crippen MR) is 81.8 cm³/mol. The highest BCUT2D eigenvalue weighted by Gasteiger charge is 2.34. The number of rotatable bonds is 6. The topological polar surface area (TPSA) is 33.3 Å². The second kappa shape index (κ2) is 8.41. The Labute approximate surface area is 131 Å². The van der Waals surface area contributed by atoms with Crippen LogP contribution in [-0.4, -0.2) is 24.9 Å². The molecular weight excluding hydrogens is 325 g/mol. The van der Waals surface area contributed by atoms with Gasteiger partial charge in [0.1, 0.15) is 0 Å². The van der Waals surface area contributed by atoms with E-state index in [1.807, 2.05) is 6.92 Å². The third kappa shape index (κ3) is 6.07. The van der Waals surface area contributed by atoms with E-state index in [1.165, 1.54) is 12.1 Å². The van der Waals surface area contributed by atoms with Crippen LogP contribution in [0.4, 0.5) is 18.9 Å². The fraction of sp³-hybridized carbons (Fsp3) is 0.462. The molecule has 3 nitrogen and oxygen atoms in total. The molecule has 1 rings (SSSR count). The molecule has 0 saturated carbocycles. The summed E-state index contributed by atoms with van der Waals surface area (Å²) >= 11 is 10.8. The molecule has 1 aromatic carbocycles. The van der Waals surface area contributed by atoms with Crippen LogP contribution in [0.15, 0.2) is 18.2 Å². The fourth-order valence-electron chi connectivity index (χ4n) is 1.57. The molecule has 8 heteroatoms. The molecule has 0 unspecified atom stereocenters. The lowest BCUT2D eigenvalue weighted by molar-refractivity contribution is -0.136.